The number of benzene rings is 1. The molecule has 0 heterocycles. The predicted molar refractivity (Wildman–Crippen MR) is 255 cm³/mol. The van der Waals surface area contributed by atoms with Crippen molar-refractivity contribution in [3.63, 3.8) is 0 Å². The summed E-state index contributed by atoms with van der Waals surface area (Å²) in [6, 6.07) is 3.70. The molecule has 5 amide bonds. The van der Waals surface area contributed by atoms with Gasteiger partial charge in [-0.05, 0) is 99.0 Å². The first-order valence-corrected chi connectivity index (χ1v) is 22.8. The van der Waals surface area contributed by atoms with E-state index in [4.69, 9.17) is 14.2 Å². The molecule has 1 aromatic rings. The molecule has 0 aromatic heterocycles. The second kappa shape index (κ2) is 24.0. The molecule has 0 saturated heterocycles. The number of nitrogens with zero attached hydrogens (tertiary/aromatic N) is 2. The molecular formula is C50H81N5O12. The van der Waals surface area contributed by atoms with Crippen LogP contribution in [-0.4, -0.2) is 124 Å². The summed E-state index contributed by atoms with van der Waals surface area (Å²) >= 11 is 0. The van der Waals surface area contributed by atoms with Crippen molar-refractivity contribution in [1.29, 1.82) is 0 Å². The van der Waals surface area contributed by atoms with E-state index in [-0.39, 0.29) is 30.8 Å². The standard InChI is InChI=1S/C50H81N5O12/c1-30(2)35(29-31(3)40(59)52-34(44(63)66-48(10,11)12)25-27-36(56)51-33(26-28-37(57)58)43(62)65-47(7,8)9)54(18)42(61)38(46(4,5)6)53-41(60)39(55(19)45(64)67-49(13,14)15)50(16,17)32-23-21-20-22-24-32/h20-24,29-30,33-35,38-39H,25-28H2,1-19H3,(H,51,56)(H,52,59)(H,53,60)(H,57,58)/b31-29+/t33-,34-,35-,38?,39-/m1/s1. The van der Waals surface area contributed by atoms with Crippen molar-refractivity contribution in [1.82, 2.24) is 25.8 Å². The number of esters is 2. The van der Waals surface area contributed by atoms with Crippen LogP contribution in [0.5, 0.6) is 0 Å². The highest BCUT2D eigenvalue weighted by molar-refractivity contribution is 5.96. The highest BCUT2D eigenvalue weighted by Crippen LogP contribution is 2.32. The Balaban J connectivity index is 3.55. The number of hydrogen-bond acceptors (Lipinski definition) is 11. The van der Waals surface area contributed by atoms with Gasteiger partial charge in [0.25, 0.3) is 0 Å². The number of likely N-dealkylation sites (N-methyl/N-ethyl adjacent to an activating group) is 2. The Morgan fingerprint density at radius 2 is 1.12 bits per heavy atom. The minimum Gasteiger partial charge on any atom is -0.481 e. The Labute approximate surface area is 398 Å². The zero-order valence-corrected chi connectivity index (χ0v) is 43.6. The van der Waals surface area contributed by atoms with Crippen molar-refractivity contribution in [2.24, 2.45) is 11.3 Å². The zero-order chi connectivity index (χ0) is 52.2. The maximum Gasteiger partial charge on any atom is 0.410 e. The molecule has 0 radical (unpaired) electrons. The summed E-state index contributed by atoms with van der Waals surface area (Å²) in [4.78, 5) is 110. The van der Waals surface area contributed by atoms with E-state index >= 15 is 0 Å². The lowest BCUT2D eigenvalue weighted by Gasteiger charge is -2.42. The molecule has 4 N–H and O–H groups in total. The van der Waals surface area contributed by atoms with Crippen molar-refractivity contribution in [2.75, 3.05) is 14.1 Å². The van der Waals surface area contributed by atoms with Crippen LogP contribution in [0.2, 0.25) is 0 Å². The van der Waals surface area contributed by atoms with E-state index in [1.807, 2.05) is 78.8 Å². The second-order valence-corrected chi connectivity index (χ2v) is 22.1. The molecular weight excluding hydrogens is 863 g/mol. The molecule has 67 heavy (non-hydrogen) atoms. The Morgan fingerprint density at radius 1 is 0.657 bits per heavy atom. The molecule has 17 heteroatoms. The summed E-state index contributed by atoms with van der Waals surface area (Å²) in [5.74, 6) is -5.51. The van der Waals surface area contributed by atoms with Gasteiger partial charge in [0.2, 0.25) is 23.6 Å². The number of rotatable bonds is 20. The van der Waals surface area contributed by atoms with Crippen LogP contribution >= 0.6 is 0 Å². The maximum absolute atomic E-state index is 14.7. The van der Waals surface area contributed by atoms with Crippen molar-refractivity contribution >= 4 is 47.6 Å². The molecule has 1 unspecified atom stereocenters. The lowest BCUT2D eigenvalue weighted by Crippen LogP contribution is -2.63. The number of ether oxygens (including phenoxy) is 3. The van der Waals surface area contributed by atoms with Gasteiger partial charge in [-0.15, -0.1) is 0 Å². The summed E-state index contributed by atoms with van der Waals surface area (Å²) in [5, 5.41) is 17.4. The third-order valence-electron chi connectivity index (χ3n) is 10.5. The third kappa shape index (κ3) is 20.1. The second-order valence-electron chi connectivity index (χ2n) is 22.1. The number of amides is 5. The first-order chi connectivity index (χ1) is 30.3. The van der Waals surface area contributed by atoms with Gasteiger partial charge < -0.3 is 40.2 Å². The van der Waals surface area contributed by atoms with Gasteiger partial charge in [-0.3, -0.25) is 28.9 Å². The van der Waals surface area contributed by atoms with Crippen molar-refractivity contribution in [2.45, 2.75) is 196 Å². The molecule has 17 nitrogen and oxygen atoms in total. The molecule has 0 aliphatic carbocycles. The van der Waals surface area contributed by atoms with Gasteiger partial charge in [-0.25, -0.2) is 14.4 Å². The Kier molecular flexibility index (Phi) is 21.3. The van der Waals surface area contributed by atoms with Gasteiger partial charge in [0.1, 0.15) is 41.0 Å². The fourth-order valence-electron chi connectivity index (χ4n) is 7.08. The van der Waals surface area contributed by atoms with Crippen molar-refractivity contribution in [3.8, 4) is 0 Å². The molecule has 0 spiro atoms. The average molecular weight is 944 g/mol. The molecule has 1 rings (SSSR count). The van der Waals surface area contributed by atoms with Crippen LogP contribution < -0.4 is 16.0 Å². The summed E-state index contributed by atoms with van der Waals surface area (Å²) in [7, 11) is 3.06. The molecule has 0 fully saturated rings. The van der Waals surface area contributed by atoms with Crippen LogP contribution in [0, 0.1) is 11.3 Å². The zero-order valence-electron chi connectivity index (χ0n) is 43.6. The van der Waals surface area contributed by atoms with Gasteiger partial charge >= 0.3 is 24.0 Å². The van der Waals surface area contributed by atoms with E-state index in [0.29, 0.717) is 0 Å². The monoisotopic (exact) mass is 944 g/mol. The van der Waals surface area contributed by atoms with Crippen LogP contribution in [0.4, 0.5) is 4.79 Å². The Hall–Kier alpha value is -5.48. The van der Waals surface area contributed by atoms with E-state index in [0.717, 1.165) is 5.56 Å². The number of carbonyl (C=O) groups excluding carboxylic acids is 7. The topological polar surface area (TPSA) is 227 Å². The van der Waals surface area contributed by atoms with Crippen LogP contribution in [0.1, 0.15) is 149 Å². The molecule has 5 atom stereocenters. The van der Waals surface area contributed by atoms with Crippen LogP contribution in [-0.2, 0) is 53.2 Å². The number of carboxylic acids is 1. The van der Waals surface area contributed by atoms with Crippen molar-refractivity contribution in [3.05, 3.63) is 47.5 Å². The third-order valence-corrected chi connectivity index (χ3v) is 10.5. The first-order valence-electron chi connectivity index (χ1n) is 22.8. The predicted octanol–water partition coefficient (Wildman–Crippen LogP) is 6.46. The quantitative estimate of drug-likeness (QED) is 0.0628. The summed E-state index contributed by atoms with van der Waals surface area (Å²) < 4.78 is 16.6. The molecule has 0 saturated carbocycles. The highest BCUT2D eigenvalue weighted by Gasteiger charge is 2.46. The smallest absolute Gasteiger partial charge is 0.410 e. The van der Waals surface area contributed by atoms with E-state index in [9.17, 15) is 43.5 Å². The van der Waals surface area contributed by atoms with Gasteiger partial charge in [0.05, 0.1) is 6.04 Å². The van der Waals surface area contributed by atoms with Crippen LogP contribution in [0.15, 0.2) is 42.0 Å². The van der Waals surface area contributed by atoms with Crippen LogP contribution in [0.3, 0.4) is 0 Å². The molecule has 0 bridgehead atoms. The fourth-order valence-corrected chi connectivity index (χ4v) is 7.08. The maximum atomic E-state index is 14.7. The number of nitrogens with one attached hydrogen (secondary N) is 3. The number of carboxylic acid groups (broad SMARTS) is 1. The average Bonchev–Trinajstić information content (AvgIpc) is 3.15. The molecule has 0 aliphatic rings. The lowest BCUT2D eigenvalue weighted by atomic mass is 9.76. The van der Waals surface area contributed by atoms with E-state index in [1.165, 1.54) is 23.8 Å². The summed E-state index contributed by atoms with van der Waals surface area (Å²) in [6.07, 6.45) is -0.392. The minimum atomic E-state index is -1.33. The summed E-state index contributed by atoms with van der Waals surface area (Å²) in [5.41, 5.74) is -3.62. The van der Waals surface area contributed by atoms with E-state index in [1.54, 1.807) is 75.4 Å². The fraction of sp³-hybridized carbons (Fsp3) is 0.680. The number of hydrogen-bond donors (Lipinski definition) is 4. The molecule has 378 valence electrons. The Bertz CT molecular complexity index is 1930. The van der Waals surface area contributed by atoms with Gasteiger partial charge in [0, 0.05) is 37.9 Å². The van der Waals surface area contributed by atoms with E-state index < -0.39 is 112 Å². The minimum absolute atomic E-state index is 0.134. The molecule has 1 aromatic carbocycles. The van der Waals surface area contributed by atoms with Crippen LogP contribution in [0.25, 0.3) is 0 Å². The molecule has 0 aliphatic heterocycles. The number of carbonyl (C=O) groups is 8. The number of aliphatic carboxylic acids is 1. The van der Waals surface area contributed by atoms with Gasteiger partial charge in [0.15, 0.2) is 0 Å². The van der Waals surface area contributed by atoms with Gasteiger partial charge in [-0.1, -0.05) is 84.9 Å². The lowest BCUT2D eigenvalue weighted by molar-refractivity contribution is -0.160. The largest absolute Gasteiger partial charge is 0.481 e. The van der Waals surface area contributed by atoms with Gasteiger partial charge in [-0.2, -0.15) is 0 Å². The Morgan fingerprint density at radius 3 is 1.55 bits per heavy atom. The van der Waals surface area contributed by atoms with E-state index in [2.05, 4.69) is 16.0 Å². The van der Waals surface area contributed by atoms with Crippen molar-refractivity contribution < 1.29 is 57.7 Å². The summed E-state index contributed by atoms with van der Waals surface area (Å²) in [6.45, 7) is 29.4. The highest BCUT2D eigenvalue weighted by atomic mass is 16.6. The normalized spacial score (nSPS) is 14.9. The first kappa shape index (κ1) is 59.5. The SMILES string of the molecule is C/C(=C\[C@H](C(C)C)N(C)C(=O)C(NC(=O)[C@@H](N(C)C(=O)OC(C)(C)C)C(C)(C)c1ccccc1)C(C)(C)C)C(=O)N[C@H](CCC(=O)N[C@H](CCC(=O)O)C(=O)OC(C)(C)C)C(=O)OC(C)(C)C.